The second kappa shape index (κ2) is 11.0. The number of nitrogens with one attached hydrogen (secondary N) is 2. The molecule has 2 N–H and O–H groups in total. The van der Waals surface area contributed by atoms with Gasteiger partial charge in [0.1, 0.15) is 16.8 Å². The molecule has 9 heteroatoms. The summed E-state index contributed by atoms with van der Waals surface area (Å²) in [6.07, 6.45) is -0.289. The zero-order chi connectivity index (χ0) is 25.8. The standard InChI is InChI=1S/C26H30F4N2O2S/c1-4-23(32-35(34)22-12-8-20(9-13-22)26(28,29)30)19-14-15-25(5-2,16-19)24(33)31-17(3)18-6-10-21(27)11-7-18/h4,6-13,17,19,23,32H,1,5,14-16H2,2-3H3,(H,31,33)/t17-,19?,23?,25?,35?/m1/s1. The molecule has 0 aromatic heterocycles. The average molecular weight is 511 g/mol. The summed E-state index contributed by atoms with van der Waals surface area (Å²) in [4.78, 5) is 13.5. The Labute approximate surface area is 205 Å². The van der Waals surface area contributed by atoms with Crippen LogP contribution in [0.25, 0.3) is 0 Å². The van der Waals surface area contributed by atoms with E-state index >= 15 is 0 Å². The minimum Gasteiger partial charge on any atom is -0.349 e. The molecule has 5 atom stereocenters. The van der Waals surface area contributed by atoms with Gasteiger partial charge in [0, 0.05) is 11.5 Å². The van der Waals surface area contributed by atoms with Crippen molar-refractivity contribution in [2.24, 2.45) is 11.3 Å². The van der Waals surface area contributed by atoms with E-state index in [0.29, 0.717) is 25.7 Å². The molecule has 0 aliphatic heterocycles. The van der Waals surface area contributed by atoms with Gasteiger partial charge in [-0.3, -0.25) is 4.79 Å². The fourth-order valence-corrected chi connectivity index (χ4v) is 5.70. The number of hydrogen-bond donors (Lipinski definition) is 2. The zero-order valence-electron chi connectivity index (χ0n) is 19.7. The highest BCUT2D eigenvalue weighted by atomic mass is 32.2. The first-order valence-electron chi connectivity index (χ1n) is 11.5. The Bertz CT molecular complexity index is 1060. The molecule has 0 radical (unpaired) electrons. The number of rotatable bonds is 9. The molecule has 4 unspecified atom stereocenters. The van der Waals surface area contributed by atoms with Gasteiger partial charge in [-0.1, -0.05) is 25.1 Å². The lowest BCUT2D eigenvalue weighted by Gasteiger charge is -2.30. The van der Waals surface area contributed by atoms with Gasteiger partial charge in [-0.15, -0.1) is 6.58 Å². The summed E-state index contributed by atoms with van der Waals surface area (Å²) >= 11 is 0. The van der Waals surface area contributed by atoms with Crippen LogP contribution in [0.15, 0.2) is 66.1 Å². The number of carbonyl (C=O) groups is 1. The van der Waals surface area contributed by atoms with E-state index in [1.807, 2.05) is 13.8 Å². The van der Waals surface area contributed by atoms with Crippen LogP contribution < -0.4 is 10.0 Å². The van der Waals surface area contributed by atoms with Crippen molar-refractivity contribution in [1.82, 2.24) is 10.0 Å². The molecule has 0 heterocycles. The maximum Gasteiger partial charge on any atom is 0.416 e. The second-order valence-corrected chi connectivity index (χ2v) is 10.3. The van der Waals surface area contributed by atoms with Gasteiger partial charge in [0.25, 0.3) is 0 Å². The van der Waals surface area contributed by atoms with E-state index in [1.165, 1.54) is 24.3 Å². The normalized spacial score (nSPS) is 22.9. The van der Waals surface area contributed by atoms with E-state index < -0.39 is 28.1 Å². The minimum atomic E-state index is -4.46. The number of hydrogen-bond acceptors (Lipinski definition) is 2. The number of alkyl halides is 3. The van der Waals surface area contributed by atoms with Gasteiger partial charge < -0.3 is 5.32 Å². The molecular formula is C26H30F4N2O2S. The highest BCUT2D eigenvalue weighted by Gasteiger charge is 2.46. The first-order valence-corrected chi connectivity index (χ1v) is 12.7. The van der Waals surface area contributed by atoms with Crippen LogP contribution in [-0.4, -0.2) is 16.2 Å². The Kier molecular flexibility index (Phi) is 8.54. The average Bonchev–Trinajstić information content (AvgIpc) is 3.28. The van der Waals surface area contributed by atoms with Gasteiger partial charge in [-0.25, -0.2) is 13.3 Å². The van der Waals surface area contributed by atoms with Crippen LogP contribution in [0, 0.1) is 17.2 Å². The highest BCUT2D eigenvalue weighted by Crippen LogP contribution is 2.46. The zero-order valence-corrected chi connectivity index (χ0v) is 20.5. The third-order valence-electron chi connectivity index (χ3n) is 6.92. The summed E-state index contributed by atoms with van der Waals surface area (Å²) in [5.74, 6) is -0.434. The molecule has 2 aromatic carbocycles. The molecule has 2 aromatic rings. The number of carbonyl (C=O) groups excluding carboxylic acids is 1. The summed E-state index contributed by atoms with van der Waals surface area (Å²) in [7, 11) is -1.74. The van der Waals surface area contributed by atoms with E-state index in [0.717, 1.165) is 17.7 Å². The maximum absolute atomic E-state index is 13.3. The highest BCUT2D eigenvalue weighted by molar-refractivity contribution is 7.83. The summed E-state index contributed by atoms with van der Waals surface area (Å²) in [6.45, 7) is 7.64. The van der Waals surface area contributed by atoms with Crippen LogP contribution in [0.2, 0.25) is 0 Å². The Balaban J connectivity index is 1.65. The predicted octanol–water partition coefficient (Wildman–Crippen LogP) is 6.09. The minimum absolute atomic E-state index is 0.0160. The lowest BCUT2D eigenvalue weighted by atomic mass is 9.80. The molecule has 1 amide bonds. The van der Waals surface area contributed by atoms with E-state index in [9.17, 15) is 26.6 Å². The molecule has 4 nitrogen and oxygen atoms in total. The lowest BCUT2D eigenvalue weighted by molar-refractivity contribution is -0.137. The van der Waals surface area contributed by atoms with Gasteiger partial charge in [-0.05, 0) is 80.5 Å². The van der Waals surface area contributed by atoms with Gasteiger partial charge in [-0.2, -0.15) is 13.2 Å². The van der Waals surface area contributed by atoms with Crippen molar-refractivity contribution in [3.63, 3.8) is 0 Å². The van der Waals surface area contributed by atoms with Crippen LogP contribution in [0.4, 0.5) is 17.6 Å². The number of halogens is 4. The molecule has 0 saturated heterocycles. The largest absolute Gasteiger partial charge is 0.416 e. The van der Waals surface area contributed by atoms with Crippen LogP contribution >= 0.6 is 0 Å². The van der Waals surface area contributed by atoms with Gasteiger partial charge >= 0.3 is 6.18 Å². The van der Waals surface area contributed by atoms with Crippen LogP contribution in [0.3, 0.4) is 0 Å². The summed E-state index contributed by atoms with van der Waals surface area (Å²) in [6, 6.07) is 9.54. The lowest BCUT2D eigenvalue weighted by Crippen LogP contribution is -2.41. The second-order valence-electron chi connectivity index (χ2n) is 9.05. The molecular weight excluding hydrogens is 480 g/mol. The molecule has 1 aliphatic carbocycles. The topological polar surface area (TPSA) is 58.2 Å². The number of benzene rings is 2. The fraction of sp³-hybridized carbons (Fsp3) is 0.423. The van der Waals surface area contributed by atoms with Crippen molar-refractivity contribution >= 4 is 16.9 Å². The van der Waals surface area contributed by atoms with E-state index in [4.69, 9.17) is 0 Å². The Morgan fingerprint density at radius 3 is 2.37 bits per heavy atom. The molecule has 1 fully saturated rings. The van der Waals surface area contributed by atoms with Crippen LogP contribution in [0.1, 0.15) is 56.7 Å². The van der Waals surface area contributed by atoms with Crippen LogP contribution in [0.5, 0.6) is 0 Å². The van der Waals surface area contributed by atoms with E-state index in [2.05, 4.69) is 16.6 Å². The molecule has 3 rings (SSSR count). The molecule has 1 aliphatic rings. The van der Waals surface area contributed by atoms with Gasteiger partial charge in [0.15, 0.2) is 0 Å². The molecule has 1 saturated carbocycles. The fourth-order valence-electron chi connectivity index (χ4n) is 4.64. The molecule has 35 heavy (non-hydrogen) atoms. The van der Waals surface area contributed by atoms with Crippen molar-refractivity contribution < 1.29 is 26.6 Å². The quantitative estimate of drug-likeness (QED) is 0.317. The van der Waals surface area contributed by atoms with Crippen molar-refractivity contribution in [1.29, 1.82) is 0 Å². The Morgan fingerprint density at radius 2 is 1.83 bits per heavy atom. The smallest absolute Gasteiger partial charge is 0.349 e. The van der Waals surface area contributed by atoms with E-state index in [1.54, 1.807) is 18.2 Å². The molecule has 0 spiro atoms. The number of amides is 1. The Morgan fingerprint density at radius 1 is 1.20 bits per heavy atom. The van der Waals surface area contributed by atoms with Gasteiger partial charge in [0.05, 0.1) is 16.5 Å². The SMILES string of the molecule is C=CC(NS(=O)c1ccc(C(F)(F)F)cc1)C1CCC(CC)(C(=O)N[C@H](C)c2ccc(F)cc2)C1. The predicted molar refractivity (Wildman–Crippen MR) is 128 cm³/mol. The molecule has 190 valence electrons. The summed E-state index contributed by atoms with van der Waals surface area (Å²) in [5, 5.41) is 3.05. The monoisotopic (exact) mass is 510 g/mol. The van der Waals surface area contributed by atoms with Gasteiger partial charge in [0.2, 0.25) is 5.91 Å². The van der Waals surface area contributed by atoms with Crippen molar-refractivity contribution in [2.75, 3.05) is 0 Å². The molecule has 0 bridgehead atoms. The van der Waals surface area contributed by atoms with Crippen molar-refractivity contribution in [3.05, 3.63) is 78.1 Å². The first-order chi connectivity index (χ1) is 16.5. The summed E-state index contributed by atoms with van der Waals surface area (Å²) < 4.78 is 67.4. The maximum atomic E-state index is 13.3. The van der Waals surface area contributed by atoms with E-state index in [-0.39, 0.29) is 34.6 Å². The third kappa shape index (κ3) is 6.38. The first kappa shape index (κ1) is 27.1. The van der Waals surface area contributed by atoms with Crippen molar-refractivity contribution in [2.45, 2.75) is 62.7 Å². The third-order valence-corrected chi connectivity index (χ3v) is 8.11. The van der Waals surface area contributed by atoms with Crippen LogP contribution in [-0.2, 0) is 22.0 Å². The Hall–Kier alpha value is -2.52. The van der Waals surface area contributed by atoms with Crippen molar-refractivity contribution in [3.8, 4) is 0 Å². The summed E-state index contributed by atoms with van der Waals surface area (Å²) in [5.41, 5.74) is -0.598.